The molecule has 0 saturated carbocycles. The number of ether oxygens (including phenoxy) is 4. The summed E-state index contributed by atoms with van der Waals surface area (Å²) in [5.41, 5.74) is -0.622. The van der Waals surface area contributed by atoms with E-state index in [1.54, 1.807) is 0 Å². The first-order valence-electron chi connectivity index (χ1n) is 37.8. The Morgan fingerprint density at radius 1 is 0.388 bits per heavy atom. The molecule has 0 bridgehead atoms. The van der Waals surface area contributed by atoms with Crippen LogP contribution in [0, 0.1) is 5.92 Å². The van der Waals surface area contributed by atoms with E-state index in [0.717, 1.165) is 89.9 Å². The molecular formula is C77H150NO7+. The Bertz CT molecular complexity index is 1390. The Morgan fingerprint density at radius 2 is 0.647 bits per heavy atom. The Balaban J connectivity index is 6.26. The highest BCUT2D eigenvalue weighted by Crippen LogP contribution is 2.44. The van der Waals surface area contributed by atoms with Crippen LogP contribution in [-0.4, -0.2) is 80.1 Å². The topological polar surface area (TPSA) is 91.3 Å². The molecule has 0 aromatic heterocycles. The van der Waals surface area contributed by atoms with E-state index in [0.29, 0.717) is 30.5 Å². The van der Waals surface area contributed by atoms with Gasteiger partial charge < -0.3 is 28.5 Å². The van der Waals surface area contributed by atoms with Gasteiger partial charge in [-0.3, -0.25) is 9.59 Å². The number of hydrogen-bond acceptors (Lipinski definition) is 7. The number of hydrogen-bond donors (Lipinski definition) is 1. The van der Waals surface area contributed by atoms with Gasteiger partial charge in [0.2, 0.25) is 0 Å². The summed E-state index contributed by atoms with van der Waals surface area (Å²) in [5, 5.41) is 10.7. The molecule has 0 spiro atoms. The fourth-order valence-corrected chi connectivity index (χ4v) is 12.4. The summed E-state index contributed by atoms with van der Waals surface area (Å²) in [5.74, 6) is -2.68. The van der Waals surface area contributed by atoms with Gasteiger partial charge in [0.05, 0.1) is 27.1 Å². The summed E-state index contributed by atoms with van der Waals surface area (Å²) in [6.45, 7) is 14.5. The van der Waals surface area contributed by atoms with Crippen LogP contribution >= 0.6 is 0 Å². The van der Waals surface area contributed by atoms with Gasteiger partial charge in [0, 0.05) is 51.9 Å². The number of esters is 2. The van der Waals surface area contributed by atoms with Crippen molar-refractivity contribution in [1.82, 2.24) is 0 Å². The largest absolute Gasteiger partial charge is 0.422 e. The minimum atomic E-state index is -1.58. The maximum Gasteiger partial charge on any atom is 0.309 e. The van der Waals surface area contributed by atoms with Crippen molar-refractivity contribution in [3.05, 3.63) is 24.3 Å². The number of nitrogens with zero attached hydrogens (tertiary/aromatic N) is 1. The summed E-state index contributed by atoms with van der Waals surface area (Å²) >= 11 is 0. The average molecular weight is 1200 g/mol. The first kappa shape index (κ1) is 83.3. The van der Waals surface area contributed by atoms with Gasteiger partial charge in [0.25, 0.3) is 5.79 Å². The first-order valence-corrected chi connectivity index (χ1v) is 37.8. The van der Waals surface area contributed by atoms with Crippen molar-refractivity contribution in [2.24, 2.45) is 5.92 Å². The molecule has 85 heavy (non-hydrogen) atoms. The summed E-state index contributed by atoms with van der Waals surface area (Å²) in [4.78, 5) is 28.9. The van der Waals surface area contributed by atoms with Crippen molar-refractivity contribution in [3.63, 3.8) is 0 Å². The predicted octanol–water partition coefficient (Wildman–Crippen LogP) is 23.9. The molecule has 0 aromatic rings. The van der Waals surface area contributed by atoms with Crippen molar-refractivity contribution >= 4 is 11.9 Å². The van der Waals surface area contributed by atoms with E-state index < -0.39 is 23.5 Å². The van der Waals surface area contributed by atoms with E-state index in [1.807, 2.05) is 0 Å². The molecule has 0 aliphatic carbocycles. The van der Waals surface area contributed by atoms with E-state index in [-0.39, 0.29) is 37.8 Å². The molecule has 0 aromatic carbocycles. The highest BCUT2D eigenvalue weighted by atomic mass is 16.7. The van der Waals surface area contributed by atoms with Crippen molar-refractivity contribution in [2.45, 2.75) is 412 Å². The van der Waals surface area contributed by atoms with Crippen LogP contribution in [0.25, 0.3) is 0 Å². The minimum absolute atomic E-state index is 0.0366. The fraction of sp³-hybridized carbons (Fsp3) is 0.922. The summed E-state index contributed by atoms with van der Waals surface area (Å²) < 4.78 is 27.5. The van der Waals surface area contributed by atoms with Crippen molar-refractivity contribution < 1.29 is 38.1 Å². The summed E-state index contributed by atoms with van der Waals surface area (Å²) in [6, 6.07) is 0. The molecule has 0 amide bonds. The molecule has 0 rings (SSSR count). The molecule has 0 saturated heterocycles. The second kappa shape index (κ2) is 61.1. The molecule has 0 heterocycles. The third-order valence-corrected chi connectivity index (χ3v) is 18.9. The predicted molar refractivity (Wildman–Crippen MR) is 368 cm³/mol. The first-order chi connectivity index (χ1) is 41.4. The zero-order chi connectivity index (χ0) is 62.5. The van der Waals surface area contributed by atoms with Crippen molar-refractivity contribution in [2.75, 3.05) is 41.0 Å². The Morgan fingerprint density at radius 3 is 0.918 bits per heavy atom. The van der Waals surface area contributed by atoms with Crippen LogP contribution in [0.4, 0.5) is 0 Å². The van der Waals surface area contributed by atoms with Crippen LogP contribution in [0.3, 0.4) is 0 Å². The maximum absolute atomic E-state index is 14.4. The van der Waals surface area contributed by atoms with Crippen LogP contribution < -0.4 is 0 Å². The van der Waals surface area contributed by atoms with E-state index in [1.165, 1.54) is 231 Å². The molecule has 0 aliphatic rings. The highest BCUT2D eigenvalue weighted by Gasteiger charge is 2.57. The molecule has 8 heteroatoms. The number of allylic oxidation sites excluding steroid dienone is 4. The van der Waals surface area contributed by atoms with E-state index in [9.17, 15) is 14.7 Å². The summed E-state index contributed by atoms with van der Waals surface area (Å²) in [7, 11) is 6.40. The molecule has 504 valence electrons. The second-order valence-corrected chi connectivity index (χ2v) is 27.5. The van der Waals surface area contributed by atoms with Gasteiger partial charge in [-0.25, -0.2) is 0 Å². The smallest absolute Gasteiger partial charge is 0.309 e. The molecule has 1 N–H and O–H groups in total. The van der Waals surface area contributed by atoms with Crippen LogP contribution in [0.2, 0.25) is 0 Å². The number of unbranched alkanes of at least 4 members (excludes halogenated alkanes) is 44. The number of rotatable bonds is 68. The van der Waals surface area contributed by atoms with Crippen LogP contribution in [0.1, 0.15) is 395 Å². The Hall–Kier alpha value is -1.74. The molecule has 2 atom stereocenters. The monoisotopic (exact) mass is 1200 g/mol. The van der Waals surface area contributed by atoms with Gasteiger partial charge in [-0.1, -0.05) is 296 Å². The number of quaternary nitrogens is 1. The lowest BCUT2D eigenvalue weighted by Crippen LogP contribution is -2.66. The number of aliphatic hydroxyl groups excluding tert-OH is 1. The minimum Gasteiger partial charge on any atom is -0.422 e. The number of carbonyl (C=O) groups is 2. The molecule has 0 fully saturated rings. The summed E-state index contributed by atoms with van der Waals surface area (Å²) in [6.07, 6.45) is 72.3. The third-order valence-electron chi connectivity index (χ3n) is 18.9. The molecular weight excluding hydrogens is 1050 g/mol. The normalized spacial score (nSPS) is 13.4. The van der Waals surface area contributed by atoms with Gasteiger partial charge in [0.15, 0.2) is 6.29 Å². The maximum atomic E-state index is 14.4. The van der Waals surface area contributed by atoms with Gasteiger partial charge in [-0.15, -0.1) is 0 Å². The van der Waals surface area contributed by atoms with Crippen LogP contribution in [0.5, 0.6) is 0 Å². The molecule has 2 unspecified atom stereocenters. The number of carbonyl (C=O) groups excluding carboxylic acids is 2. The van der Waals surface area contributed by atoms with E-state index >= 15 is 0 Å². The standard InChI is InChI=1S/C77H150NO7/c1-10-14-18-22-26-30-34-38-40-42-44-48-52-56-60-64-73(80)84-77(72(5)76(6,68-69-79)78(7,8)9,85-74(81)65-61-57-53-49-45-43-41-39-35-31-27-23-19-15-11-2)67-66-75(82-70-62-58-54-50-46-36-32-28-24-20-16-12-3)83-71-63-59-55-51-47-37-33-29-25-21-17-13-4/h38-41,72,75,79H,10-37,42-71H2,1-9H3/q+1/b40-38-,41-39-. The van der Waals surface area contributed by atoms with Crippen LogP contribution in [0.15, 0.2) is 24.3 Å². The second-order valence-electron chi connectivity index (χ2n) is 27.5. The van der Waals surface area contributed by atoms with Gasteiger partial charge in [-0.2, -0.15) is 0 Å². The zero-order valence-corrected chi connectivity index (χ0v) is 58.8. The lowest BCUT2D eigenvalue weighted by molar-refractivity contribution is -0.928. The van der Waals surface area contributed by atoms with Gasteiger partial charge >= 0.3 is 11.9 Å². The Kier molecular flexibility index (Phi) is 59.9. The zero-order valence-electron chi connectivity index (χ0n) is 58.8. The van der Waals surface area contributed by atoms with Crippen LogP contribution in [-0.2, 0) is 28.5 Å². The average Bonchev–Trinajstić information content (AvgIpc) is 2.41. The van der Waals surface area contributed by atoms with Gasteiger partial charge in [-0.05, 0) is 90.9 Å². The molecule has 0 radical (unpaired) electrons. The van der Waals surface area contributed by atoms with Crippen molar-refractivity contribution in [3.8, 4) is 0 Å². The highest BCUT2D eigenvalue weighted by molar-refractivity contribution is 5.72. The van der Waals surface area contributed by atoms with E-state index in [4.69, 9.17) is 18.9 Å². The SMILES string of the molecule is CCCCCCCC/C=C\CCCCCCCC(=O)OC(CCC(OCCCCCCCCCCCCCC)OCCCCCCCCCCCCCC)(OC(=O)CCCCCCC/C=C\CCCCCCCC)C(C)C(C)(CCO)[N+](C)(C)C. The lowest BCUT2D eigenvalue weighted by atomic mass is 9.74. The quantitative estimate of drug-likeness (QED) is 0.0213. The molecule has 0 aliphatic heterocycles. The number of aliphatic hydroxyl groups is 1. The van der Waals surface area contributed by atoms with Gasteiger partial charge in [0.1, 0.15) is 5.54 Å². The molecule has 8 nitrogen and oxygen atoms in total. The third kappa shape index (κ3) is 49.7. The van der Waals surface area contributed by atoms with E-state index in [2.05, 4.69) is 87.0 Å². The fourth-order valence-electron chi connectivity index (χ4n) is 12.4. The Labute approximate surface area is 531 Å². The lowest BCUT2D eigenvalue weighted by Gasteiger charge is -2.52. The van der Waals surface area contributed by atoms with Crippen molar-refractivity contribution in [1.29, 1.82) is 0 Å².